The van der Waals surface area contributed by atoms with E-state index in [1.165, 1.54) is 51.4 Å². The van der Waals surface area contributed by atoms with Crippen LogP contribution in [0.15, 0.2) is 48.5 Å². The Morgan fingerprint density at radius 1 is 0.830 bits per heavy atom. The van der Waals surface area contributed by atoms with E-state index in [-0.39, 0.29) is 6.79 Å². The number of anilines is 1. The van der Waals surface area contributed by atoms with Crippen molar-refractivity contribution >= 4 is 45.9 Å². The maximum atomic E-state index is 12.0. The molecule has 0 aliphatic carbocycles. The summed E-state index contributed by atoms with van der Waals surface area (Å²) >= 11 is 12.6. The Kier molecular flexibility index (Phi) is 16.6. The lowest BCUT2D eigenvalue weighted by atomic mass is 10.1. The highest BCUT2D eigenvalue weighted by molar-refractivity contribution is 6.43. The van der Waals surface area contributed by atoms with Crippen LogP contribution in [0.1, 0.15) is 84.0 Å². The van der Waals surface area contributed by atoms with E-state index in [4.69, 9.17) is 37.4 Å². The van der Waals surface area contributed by atoms with Gasteiger partial charge in [0.2, 0.25) is 12.7 Å². The Bertz CT molecular complexity index is 1350. The normalized spacial score (nSPS) is 13.6. The Morgan fingerprint density at radius 3 is 2.32 bits per heavy atom. The zero-order valence-corrected chi connectivity index (χ0v) is 29.5. The number of unbranched alkanes of at least 4 members (excludes halogenated alkanes) is 10. The molecule has 3 aromatic rings. The number of benzene rings is 2. The van der Waals surface area contributed by atoms with Crippen LogP contribution in [0.25, 0.3) is 10.9 Å². The van der Waals surface area contributed by atoms with Gasteiger partial charge in [-0.15, -0.1) is 0 Å². The summed E-state index contributed by atoms with van der Waals surface area (Å²) in [5.41, 5.74) is 1.78. The second kappa shape index (κ2) is 21.1. The van der Waals surface area contributed by atoms with Crippen LogP contribution >= 0.6 is 23.2 Å². The number of aromatic nitrogens is 1. The third-order valence-electron chi connectivity index (χ3n) is 8.62. The number of ether oxygens (including phenoxy) is 3. The van der Waals surface area contributed by atoms with E-state index in [2.05, 4.69) is 27.0 Å². The Balaban J connectivity index is 1.05. The standard InChI is InChI=1S/C37H52Cl2N4O4/c1-2-3-4-5-6-7-8-9-10-11-21-40-37(44)47-29-46-35-20-18-30-17-19-31(28-33(30)41-35)45-27-13-12-22-42-23-25-43(26-24-42)34-16-14-15-32(38)36(34)39/h14-20,28H,2-13,21-27,29H2,1H3,(H,40,44). The van der Waals surface area contributed by atoms with E-state index >= 15 is 0 Å². The second-order valence-corrected chi connectivity index (χ2v) is 13.0. The van der Waals surface area contributed by atoms with Crippen molar-refractivity contribution in [2.45, 2.75) is 84.0 Å². The van der Waals surface area contributed by atoms with E-state index in [0.29, 0.717) is 29.1 Å². The number of carbonyl (C=O) groups is 1. The molecular weight excluding hydrogens is 635 g/mol. The van der Waals surface area contributed by atoms with Gasteiger partial charge in [-0.05, 0) is 56.1 Å². The quantitative estimate of drug-likeness (QED) is 0.0883. The summed E-state index contributed by atoms with van der Waals surface area (Å²) in [7, 11) is 0. The van der Waals surface area contributed by atoms with Crippen LogP contribution in [0.5, 0.6) is 11.6 Å². The first-order valence-corrected chi connectivity index (χ1v) is 18.3. The van der Waals surface area contributed by atoms with E-state index < -0.39 is 6.09 Å². The SMILES string of the molecule is CCCCCCCCCCCCNC(=O)OCOc1ccc2ccc(OCCCCN3CCN(c4cccc(Cl)c4Cl)CC3)cc2n1. The monoisotopic (exact) mass is 686 g/mol. The smallest absolute Gasteiger partial charge is 0.410 e. The summed E-state index contributed by atoms with van der Waals surface area (Å²) in [6, 6.07) is 15.4. The first-order valence-electron chi connectivity index (χ1n) is 17.5. The van der Waals surface area contributed by atoms with E-state index in [0.717, 1.165) is 80.7 Å². The van der Waals surface area contributed by atoms with Crippen molar-refractivity contribution in [1.82, 2.24) is 15.2 Å². The van der Waals surface area contributed by atoms with Gasteiger partial charge >= 0.3 is 6.09 Å². The minimum Gasteiger partial charge on any atom is -0.494 e. The largest absolute Gasteiger partial charge is 0.494 e. The van der Waals surface area contributed by atoms with Gasteiger partial charge in [-0.3, -0.25) is 4.90 Å². The Labute approximate surface area is 291 Å². The van der Waals surface area contributed by atoms with Crippen LogP contribution in [0.2, 0.25) is 10.0 Å². The van der Waals surface area contributed by atoms with Crippen LogP contribution in [-0.4, -0.2) is 68.6 Å². The van der Waals surface area contributed by atoms with Crippen molar-refractivity contribution in [3.8, 4) is 11.6 Å². The van der Waals surface area contributed by atoms with Gasteiger partial charge in [0.25, 0.3) is 0 Å². The molecule has 2 aromatic carbocycles. The van der Waals surface area contributed by atoms with Crippen LogP contribution < -0.4 is 19.7 Å². The van der Waals surface area contributed by atoms with Gasteiger partial charge in [-0.2, -0.15) is 0 Å². The van der Waals surface area contributed by atoms with E-state index in [1.54, 1.807) is 6.07 Å². The molecule has 2 heterocycles. The second-order valence-electron chi connectivity index (χ2n) is 12.3. The molecule has 47 heavy (non-hydrogen) atoms. The van der Waals surface area contributed by atoms with Crippen LogP contribution in [0.3, 0.4) is 0 Å². The summed E-state index contributed by atoms with van der Waals surface area (Å²) in [4.78, 5) is 21.4. The molecule has 1 saturated heterocycles. The number of pyridine rings is 1. The summed E-state index contributed by atoms with van der Waals surface area (Å²) in [5, 5.41) is 5.02. The third kappa shape index (κ3) is 13.2. The minimum atomic E-state index is -0.470. The number of nitrogens with zero attached hydrogens (tertiary/aromatic N) is 3. The first-order chi connectivity index (χ1) is 23.0. The number of piperazine rings is 1. The number of carbonyl (C=O) groups excluding carboxylic acids is 1. The third-order valence-corrected chi connectivity index (χ3v) is 9.43. The van der Waals surface area contributed by atoms with Crippen molar-refractivity contribution < 1.29 is 19.0 Å². The summed E-state index contributed by atoms with van der Waals surface area (Å²) in [6.07, 6.45) is 14.2. The molecule has 1 N–H and O–H groups in total. The number of alkyl carbamates (subject to hydrolysis) is 1. The average Bonchev–Trinajstić information content (AvgIpc) is 3.08. The molecular formula is C37H52Cl2N4O4. The molecule has 0 spiro atoms. The van der Waals surface area contributed by atoms with Gasteiger partial charge in [0, 0.05) is 50.2 Å². The van der Waals surface area contributed by atoms with Crippen LogP contribution in [0, 0.1) is 0 Å². The molecule has 0 atom stereocenters. The maximum absolute atomic E-state index is 12.0. The molecule has 1 aromatic heterocycles. The predicted octanol–water partition coefficient (Wildman–Crippen LogP) is 9.51. The fourth-order valence-corrected chi connectivity index (χ4v) is 6.24. The van der Waals surface area contributed by atoms with Crippen molar-refractivity contribution in [2.24, 2.45) is 0 Å². The number of hydrogen-bond donors (Lipinski definition) is 1. The molecule has 0 radical (unpaired) electrons. The fourth-order valence-electron chi connectivity index (χ4n) is 5.82. The lowest BCUT2D eigenvalue weighted by Gasteiger charge is -2.36. The topological polar surface area (TPSA) is 76.2 Å². The number of amides is 1. The number of rotatable bonds is 21. The summed E-state index contributed by atoms with van der Waals surface area (Å²) in [5.74, 6) is 1.17. The Morgan fingerprint density at radius 2 is 1.55 bits per heavy atom. The highest BCUT2D eigenvalue weighted by Crippen LogP contribution is 2.33. The first kappa shape index (κ1) is 36.9. The van der Waals surface area contributed by atoms with Crippen molar-refractivity contribution in [3.05, 3.63) is 58.6 Å². The Hall–Kier alpha value is -2.94. The molecule has 4 rings (SSSR count). The molecule has 10 heteroatoms. The van der Waals surface area contributed by atoms with Crippen molar-refractivity contribution in [2.75, 3.05) is 57.6 Å². The molecule has 0 saturated carbocycles. The van der Waals surface area contributed by atoms with Gasteiger partial charge < -0.3 is 24.4 Å². The molecule has 8 nitrogen and oxygen atoms in total. The highest BCUT2D eigenvalue weighted by atomic mass is 35.5. The maximum Gasteiger partial charge on any atom is 0.410 e. The molecule has 1 fully saturated rings. The molecule has 0 unspecified atom stereocenters. The molecule has 258 valence electrons. The number of halogens is 2. The predicted molar refractivity (Wildman–Crippen MR) is 193 cm³/mol. The van der Waals surface area contributed by atoms with Gasteiger partial charge in [0.15, 0.2) is 0 Å². The van der Waals surface area contributed by atoms with Crippen molar-refractivity contribution in [1.29, 1.82) is 0 Å². The highest BCUT2D eigenvalue weighted by Gasteiger charge is 2.19. The average molecular weight is 688 g/mol. The van der Waals surface area contributed by atoms with Crippen LogP contribution in [0.4, 0.5) is 10.5 Å². The van der Waals surface area contributed by atoms with E-state index in [9.17, 15) is 4.79 Å². The van der Waals surface area contributed by atoms with Gasteiger partial charge in [0.1, 0.15) is 5.75 Å². The molecule has 0 bridgehead atoms. The lowest BCUT2D eigenvalue weighted by molar-refractivity contribution is 0.0570. The molecule has 1 amide bonds. The van der Waals surface area contributed by atoms with Crippen molar-refractivity contribution in [3.63, 3.8) is 0 Å². The number of fused-ring (bicyclic) bond motifs is 1. The van der Waals surface area contributed by atoms with Gasteiger partial charge in [0.05, 0.1) is 27.9 Å². The lowest BCUT2D eigenvalue weighted by Crippen LogP contribution is -2.46. The molecule has 1 aliphatic rings. The number of nitrogens with one attached hydrogen (secondary N) is 1. The summed E-state index contributed by atoms with van der Waals surface area (Å²) < 4.78 is 16.8. The van der Waals surface area contributed by atoms with Gasteiger partial charge in [-0.25, -0.2) is 9.78 Å². The zero-order valence-electron chi connectivity index (χ0n) is 28.0. The zero-order chi connectivity index (χ0) is 33.1. The van der Waals surface area contributed by atoms with Gasteiger partial charge in [-0.1, -0.05) is 94.0 Å². The fraction of sp³-hybridized carbons (Fsp3) is 0.568. The minimum absolute atomic E-state index is 0.192. The van der Waals surface area contributed by atoms with E-state index in [1.807, 2.05) is 42.5 Å². The summed E-state index contributed by atoms with van der Waals surface area (Å²) in [6.45, 7) is 8.22. The molecule has 1 aliphatic heterocycles. The van der Waals surface area contributed by atoms with Crippen LogP contribution in [-0.2, 0) is 4.74 Å². The number of hydrogen-bond acceptors (Lipinski definition) is 7.